The predicted octanol–water partition coefficient (Wildman–Crippen LogP) is 2.54. The number of hydrogen-bond acceptors (Lipinski definition) is 2. The van der Waals surface area contributed by atoms with Gasteiger partial charge in [0.15, 0.2) is 0 Å². The Morgan fingerprint density at radius 3 is 2.17 bits per heavy atom. The maximum Gasteiger partial charge on any atom is 0.251 e. The van der Waals surface area contributed by atoms with E-state index >= 15 is 0 Å². The molecule has 0 saturated carbocycles. The zero-order chi connectivity index (χ0) is 14.0. The number of hydrogen-bond donors (Lipinski definition) is 2. The monoisotopic (exact) mass is 250 g/mol. The third-order valence-corrected chi connectivity index (χ3v) is 3.32. The van der Waals surface area contributed by atoms with E-state index in [-0.39, 0.29) is 23.0 Å². The van der Waals surface area contributed by atoms with Gasteiger partial charge in [0.2, 0.25) is 0 Å². The molecule has 1 aliphatic heterocycles. The summed E-state index contributed by atoms with van der Waals surface area (Å²) in [4.78, 5) is 12.0. The molecular formula is C15H26N2O. The van der Waals surface area contributed by atoms with E-state index in [1.165, 1.54) is 0 Å². The maximum absolute atomic E-state index is 12.0. The molecule has 1 fully saturated rings. The lowest BCUT2D eigenvalue weighted by atomic mass is 9.79. The van der Waals surface area contributed by atoms with Crippen LogP contribution in [0.15, 0.2) is 24.3 Å². The second-order valence-electron chi connectivity index (χ2n) is 6.42. The fourth-order valence-electron chi connectivity index (χ4n) is 3.03. The van der Waals surface area contributed by atoms with E-state index in [9.17, 15) is 4.79 Å². The Balaban J connectivity index is 2.73. The minimum absolute atomic E-state index is 0.0222. The SMILES string of the molecule is C=CC(=CC)C(=O)NC1CC(C)(C)NC(C)(C)C1. The Hall–Kier alpha value is -1.09. The van der Waals surface area contributed by atoms with E-state index in [1.807, 2.05) is 6.92 Å². The summed E-state index contributed by atoms with van der Waals surface area (Å²) in [6, 6.07) is 0.207. The molecule has 0 bridgehead atoms. The Morgan fingerprint density at radius 1 is 1.28 bits per heavy atom. The van der Waals surface area contributed by atoms with E-state index in [2.05, 4.69) is 44.9 Å². The zero-order valence-electron chi connectivity index (χ0n) is 12.3. The van der Waals surface area contributed by atoms with Crippen molar-refractivity contribution in [2.45, 2.75) is 64.6 Å². The number of nitrogens with one attached hydrogen (secondary N) is 2. The van der Waals surface area contributed by atoms with Gasteiger partial charge in [0.25, 0.3) is 5.91 Å². The molecule has 1 amide bonds. The van der Waals surface area contributed by atoms with Crippen LogP contribution < -0.4 is 10.6 Å². The van der Waals surface area contributed by atoms with Crippen LogP contribution in [-0.2, 0) is 4.79 Å². The van der Waals surface area contributed by atoms with Crippen molar-refractivity contribution < 1.29 is 4.79 Å². The van der Waals surface area contributed by atoms with Crippen LogP contribution >= 0.6 is 0 Å². The molecule has 1 rings (SSSR count). The van der Waals surface area contributed by atoms with Crippen LogP contribution in [0.1, 0.15) is 47.5 Å². The van der Waals surface area contributed by atoms with E-state index in [4.69, 9.17) is 0 Å². The van der Waals surface area contributed by atoms with Crippen molar-refractivity contribution in [3.8, 4) is 0 Å². The molecule has 0 aromatic carbocycles. The lowest BCUT2D eigenvalue weighted by molar-refractivity contribution is -0.118. The Morgan fingerprint density at radius 2 is 1.78 bits per heavy atom. The molecule has 0 unspecified atom stereocenters. The van der Waals surface area contributed by atoms with Gasteiger partial charge in [-0.3, -0.25) is 4.79 Å². The van der Waals surface area contributed by atoms with Crippen LogP contribution in [0.2, 0.25) is 0 Å². The van der Waals surface area contributed by atoms with Crippen molar-refractivity contribution in [3.05, 3.63) is 24.3 Å². The molecule has 0 radical (unpaired) electrons. The highest BCUT2D eigenvalue weighted by molar-refractivity contribution is 5.96. The fraction of sp³-hybridized carbons (Fsp3) is 0.667. The smallest absolute Gasteiger partial charge is 0.251 e. The molecule has 0 aliphatic carbocycles. The summed E-state index contributed by atoms with van der Waals surface area (Å²) in [5.74, 6) is -0.0222. The Labute approximate surface area is 111 Å². The summed E-state index contributed by atoms with van der Waals surface area (Å²) in [5, 5.41) is 6.72. The highest BCUT2D eigenvalue weighted by atomic mass is 16.1. The summed E-state index contributed by atoms with van der Waals surface area (Å²) in [5.41, 5.74) is 0.734. The van der Waals surface area contributed by atoms with Gasteiger partial charge in [0.1, 0.15) is 0 Å². The molecule has 3 heteroatoms. The van der Waals surface area contributed by atoms with Crippen molar-refractivity contribution in [2.24, 2.45) is 0 Å². The van der Waals surface area contributed by atoms with Crippen LogP contribution in [-0.4, -0.2) is 23.0 Å². The van der Waals surface area contributed by atoms with Crippen LogP contribution in [0.3, 0.4) is 0 Å². The summed E-state index contributed by atoms with van der Waals surface area (Å²) < 4.78 is 0. The van der Waals surface area contributed by atoms with Crippen LogP contribution in [0.25, 0.3) is 0 Å². The molecule has 1 heterocycles. The molecule has 2 N–H and O–H groups in total. The van der Waals surface area contributed by atoms with E-state index < -0.39 is 0 Å². The third kappa shape index (κ3) is 3.98. The first-order chi connectivity index (χ1) is 8.19. The van der Waals surface area contributed by atoms with E-state index in [0.717, 1.165) is 12.8 Å². The van der Waals surface area contributed by atoms with Crippen molar-refractivity contribution in [1.29, 1.82) is 0 Å². The molecule has 18 heavy (non-hydrogen) atoms. The van der Waals surface area contributed by atoms with Gasteiger partial charge in [-0.05, 0) is 47.5 Å². The molecule has 0 aromatic heterocycles. The lowest BCUT2D eigenvalue weighted by Crippen LogP contribution is -2.62. The number of rotatable bonds is 3. The van der Waals surface area contributed by atoms with Gasteiger partial charge < -0.3 is 10.6 Å². The highest BCUT2D eigenvalue weighted by Gasteiger charge is 2.38. The molecular weight excluding hydrogens is 224 g/mol. The first-order valence-electron chi connectivity index (χ1n) is 6.58. The largest absolute Gasteiger partial charge is 0.349 e. The van der Waals surface area contributed by atoms with E-state index in [1.54, 1.807) is 12.2 Å². The average molecular weight is 250 g/mol. The predicted molar refractivity (Wildman–Crippen MR) is 76.4 cm³/mol. The molecule has 0 spiro atoms. The highest BCUT2D eigenvalue weighted by Crippen LogP contribution is 2.28. The van der Waals surface area contributed by atoms with Crippen molar-refractivity contribution in [1.82, 2.24) is 10.6 Å². The average Bonchev–Trinajstić information content (AvgIpc) is 2.13. The van der Waals surface area contributed by atoms with Crippen molar-refractivity contribution >= 4 is 5.91 Å². The number of carbonyl (C=O) groups excluding carboxylic acids is 1. The third-order valence-electron chi connectivity index (χ3n) is 3.32. The fourth-order valence-corrected chi connectivity index (χ4v) is 3.03. The summed E-state index contributed by atoms with van der Waals surface area (Å²) in [7, 11) is 0. The minimum atomic E-state index is -0.0222. The molecule has 0 atom stereocenters. The van der Waals surface area contributed by atoms with Crippen LogP contribution in [0.4, 0.5) is 0 Å². The first kappa shape index (κ1) is 15.0. The Kier molecular flexibility index (Phi) is 4.38. The lowest BCUT2D eigenvalue weighted by Gasteiger charge is -2.46. The molecule has 1 saturated heterocycles. The second-order valence-corrected chi connectivity index (χ2v) is 6.42. The standard InChI is InChI=1S/C15H26N2O/c1-7-11(8-2)13(18)16-12-9-14(3,4)17-15(5,6)10-12/h7-8,12,17H,1,9-10H2,2-6H3,(H,16,18). The van der Waals surface area contributed by atoms with E-state index in [0.29, 0.717) is 5.57 Å². The minimum Gasteiger partial charge on any atom is -0.349 e. The second kappa shape index (κ2) is 5.27. The van der Waals surface area contributed by atoms with Gasteiger partial charge in [-0.1, -0.05) is 18.7 Å². The topological polar surface area (TPSA) is 41.1 Å². The van der Waals surface area contributed by atoms with Crippen LogP contribution in [0.5, 0.6) is 0 Å². The number of piperidine rings is 1. The van der Waals surface area contributed by atoms with Gasteiger partial charge in [-0.25, -0.2) is 0 Å². The Bertz CT molecular complexity index is 351. The van der Waals surface area contributed by atoms with Crippen molar-refractivity contribution in [2.75, 3.05) is 0 Å². The number of amides is 1. The number of allylic oxidation sites excluding steroid dienone is 1. The van der Waals surface area contributed by atoms with Gasteiger partial charge in [-0.2, -0.15) is 0 Å². The zero-order valence-corrected chi connectivity index (χ0v) is 12.3. The summed E-state index contributed by atoms with van der Waals surface area (Å²) in [6.45, 7) is 14.2. The molecule has 0 aromatic rings. The summed E-state index contributed by atoms with van der Waals surface area (Å²) >= 11 is 0. The van der Waals surface area contributed by atoms with Crippen molar-refractivity contribution in [3.63, 3.8) is 0 Å². The van der Waals surface area contributed by atoms with Gasteiger partial charge in [0.05, 0.1) is 0 Å². The van der Waals surface area contributed by atoms with Gasteiger partial charge in [0, 0.05) is 22.7 Å². The van der Waals surface area contributed by atoms with Crippen LogP contribution in [0, 0.1) is 0 Å². The normalized spacial score (nSPS) is 23.5. The maximum atomic E-state index is 12.0. The first-order valence-corrected chi connectivity index (χ1v) is 6.58. The molecule has 3 nitrogen and oxygen atoms in total. The van der Waals surface area contributed by atoms with Gasteiger partial charge >= 0.3 is 0 Å². The molecule has 102 valence electrons. The van der Waals surface area contributed by atoms with Gasteiger partial charge in [-0.15, -0.1) is 0 Å². The molecule has 1 aliphatic rings. The summed E-state index contributed by atoms with van der Waals surface area (Å²) in [6.07, 6.45) is 5.28. The number of carbonyl (C=O) groups is 1. The quantitative estimate of drug-likeness (QED) is 0.597.